The minimum absolute atomic E-state index is 0.0777. The summed E-state index contributed by atoms with van der Waals surface area (Å²) in [7, 11) is 0. The highest BCUT2D eigenvalue weighted by Crippen LogP contribution is 2.25. The van der Waals surface area contributed by atoms with Crippen LogP contribution in [0.2, 0.25) is 5.02 Å². The Morgan fingerprint density at radius 3 is 2.57 bits per heavy atom. The summed E-state index contributed by atoms with van der Waals surface area (Å²) >= 11 is 6.20. The summed E-state index contributed by atoms with van der Waals surface area (Å²) in [6.45, 7) is 7.05. The minimum atomic E-state index is -0.529. The van der Waals surface area contributed by atoms with E-state index in [-0.39, 0.29) is 28.2 Å². The highest BCUT2D eigenvalue weighted by Gasteiger charge is 2.23. The van der Waals surface area contributed by atoms with Gasteiger partial charge in [0.05, 0.1) is 22.1 Å². The van der Waals surface area contributed by atoms with Gasteiger partial charge >= 0.3 is 0 Å². The van der Waals surface area contributed by atoms with Crippen LogP contribution in [0, 0.1) is 17.0 Å². The van der Waals surface area contributed by atoms with Crippen molar-refractivity contribution in [1.82, 2.24) is 9.47 Å². The molecule has 0 unspecified atom stereocenters. The van der Waals surface area contributed by atoms with E-state index in [1.165, 1.54) is 29.3 Å². The van der Waals surface area contributed by atoms with Crippen LogP contribution in [0.5, 0.6) is 0 Å². The number of hydrogen-bond donors (Lipinski definition) is 0. The molecule has 6 nitrogen and oxygen atoms in total. The first-order valence-electron chi connectivity index (χ1n) is 9.70. The fourth-order valence-electron chi connectivity index (χ4n) is 3.36. The van der Waals surface area contributed by atoms with E-state index >= 15 is 0 Å². The van der Waals surface area contributed by atoms with Crippen molar-refractivity contribution in [2.45, 2.75) is 39.9 Å². The molecule has 0 spiro atoms. The molecule has 0 fully saturated rings. The number of halogens is 1. The normalized spacial score (nSPS) is 11.0. The summed E-state index contributed by atoms with van der Waals surface area (Å²) < 4.78 is 2.12. The molecule has 3 rings (SSSR count). The average molecular weight is 426 g/mol. The van der Waals surface area contributed by atoms with Gasteiger partial charge in [-0.1, -0.05) is 41.4 Å². The number of aromatic nitrogens is 1. The van der Waals surface area contributed by atoms with Crippen molar-refractivity contribution in [3.05, 3.63) is 98.3 Å². The van der Waals surface area contributed by atoms with Gasteiger partial charge in [-0.3, -0.25) is 14.9 Å². The van der Waals surface area contributed by atoms with E-state index in [0.717, 1.165) is 5.69 Å². The lowest BCUT2D eigenvalue weighted by Crippen LogP contribution is -2.37. The number of nitrogens with zero attached hydrogens (tertiary/aromatic N) is 3. The molecule has 0 atom stereocenters. The number of nitro benzene ring substituents is 1. The maximum Gasteiger partial charge on any atom is 0.270 e. The van der Waals surface area contributed by atoms with E-state index in [2.05, 4.69) is 29.7 Å². The van der Waals surface area contributed by atoms with Crippen LogP contribution in [-0.2, 0) is 13.1 Å². The van der Waals surface area contributed by atoms with Crippen LogP contribution in [-0.4, -0.2) is 26.3 Å². The predicted molar refractivity (Wildman–Crippen MR) is 118 cm³/mol. The van der Waals surface area contributed by atoms with Crippen molar-refractivity contribution in [2.24, 2.45) is 0 Å². The van der Waals surface area contributed by atoms with Crippen molar-refractivity contribution in [3.63, 3.8) is 0 Å². The van der Waals surface area contributed by atoms with Crippen LogP contribution >= 0.6 is 11.6 Å². The second kappa shape index (κ2) is 9.13. The quantitative estimate of drug-likeness (QED) is 0.373. The zero-order valence-corrected chi connectivity index (χ0v) is 18.0. The number of carbonyl (C=O) groups excluding carboxylic acids is 1. The number of rotatable bonds is 7. The maximum atomic E-state index is 13.2. The fraction of sp³-hybridized carbons (Fsp3) is 0.261. The van der Waals surface area contributed by atoms with Gasteiger partial charge in [-0.05, 0) is 44.5 Å². The lowest BCUT2D eigenvalue weighted by molar-refractivity contribution is -0.384. The highest BCUT2D eigenvalue weighted by molar-refractivity contribution is 6.34. The van der Waals surface area contributed by atoms with Gasteiger partial charge in [0.2, 0.25) is 0 Å². The topological polar surface area (TPSA) is 68.4 Å². The fourth-order valence-corrected chi connectivity index (χ4v) is 3.62. The molecule has 156 valence electrons. The number of nitro groups is 1. The number of non-ortho nitro benzene ring substituents is 1. The molecule has 1 aromatic heterocycles. The Morgan fingerprint density at radius 1 is 1.17 bits per heavy atom. The van der Waals surface area contributed by atoms with Crippen molar-refractivity contribution < 1.29 is 9.72 Å². The third-order valence-electron chi connectivity index (χ3n) is 4.97. The van der Waals surface area contributed by atoms with Gasteiger partial charge in [-0.2, -0.15) is 0 Å². The van der Waals surface area contributed by atoms with Gasteiger partial charge in [-0.15, -0.1) is 0 Å². The Hall–Kier alpha value is -3.12. The molecule has 0 aliphatic carbocycles. The maximum absolute atomic E-state index is 13.2. The molecule has 0 N–H and O–H groups in total. The van der Waals surface area contributed by atoms with E-state index < -0.39 is 4.92 Å². The molecule has 7 heteroatoms. The molecule has 0 saturated heterocycles. The highest BCUT2D eigenvalue weighted by atomic mass is 35.5. The predicted octanol–water partition coefficient (Wildman–Crippen LogP) is 5.46. The Kier molecular flexibility index (Phi) is 6.57. The van der Waals surface area contributed by atoms with Gasteiger partial charge < -0.3 is 9.47 Å². The second-order valence-electron chi connectivity index (χ2n) is 7.56. The largest absolute Gasteiger partial charge is 0.345 e. The van der Waals surface area contributed by atoms with E-state index in [1.54, 1.807) is 4.90 Å². The van der Waals surface area contributed by atoms with E-state index in [0.29, 0.717) is 13.1 Å². The van der Waals surface area contributed by atoms with Crippen LogP contribution in [0.1, 0.15) is 41.0 Å². The van der Waals surface area contributed by atoms with Crippen LogP contribution < -0.4 is 0 Å². The minimum Gasteiger partial charge on any atom is -0.345 e. The second-order valence-corrected chi connectivity index (χ2v) is 7.97. The molecule has 2 aromatic carbocycles. The lowest BCUT2D eigenvalue weighted by atomic mass is 10.1. The van der Waals surface area contributed by atoms with Crippen LogP contribution in [0.3, 0.4) is 0 Å². The van der Waals surface area contributed by atoms with Gasteiger partial charge in [0, 0.05) is 36.6 Å². The van der Waals surface area contributed by atoms with Crippen molar-refractivity contribution in [3.8, 4) is 0 Å². The average Bonchev–Trinajstić information content (AvgIpc) is 3.12. The summed E-state index contributed by atoms with van der Waals surface area (Å²) in [6, 6.07) is 16.1. The SMILES string of the molecule is Cc1cccc(Cn2cccc2CN(C(=O)c2ccc([N+](=O)[O-])cc2Cl)C(C)C)c1. The molecule has 1 heterocycles. The van der Waals surface area contributed by atoms with Crippen LogP contribution in [0.4, 0.5) is 5.69 Å². The Morgan fingerprint density at radius 2 is 1.93 bits per heavy atom. The number of aryl methyl sites for hydroxylation is 1. The molecule has 1 amide bonds. The van der Waals surface area contributed by atoms with Crippen LogP contribution in [0.25, 0.3) is 0 Å². The third-order valence-corrected chi connectivity index (χ3v) is 5.28. The molecular formula is C23H24ClN3O3. The monoisotopic (exact) mass is 425 g/mol. The number of benzene rings is 2. The zero-order chi connectivity index (χ0) is 21.8. The van der Waals surface area contributed by atoms with Crippen LogP contribution in [0.15, 0.2) is 60.8 Å². The first-order chi connectivity index (χ1) is 14.3. The number of carbonyl (C=O) groups is 1. The molecule has 0 aliphatic heterocycles. The van der Waals surface area contributed by atoms with E-state index in [1.807, 2.05) is 38.2 Å². The molecule has 0 aliphatic rings. The first kappa shape index (κ1) is 21.6. The summed E-state index contributed by atoms with van der Waals surface area (Å²) in [5.74, 6) is -0.256. The summed E-state index contributed by atoms with van der Waals surface area (Å²) in [5.41, 5.74) is 3.50. The molecule has 0 bridgehead atoms. The van der Waals surface area contributed by atoms with Gasteiger partial charge in [0.25, 0.3) is 11.6 Å². The Labute approximate surface area is 180 Å². The Balaban J connectivity index is 1.84. The third kappa shape index (κ3) is 4.89. The van der Waals surface area contributed by atoms with Gasteiger partial charge in [0.1, 0.15) is 0 Å². The zero-order valence-electron chi connectivity index (χ0n) is 17.2. The summed E-state index contributed by atoms with van der Waals surface area (Å²) in [4.78, 5) is 25.3. The van der Waals surface area contributed by atoms with E-state index in [9.17, 15) is 14.9 Å². The smallest absolute Gasteiger partial charge is 0.270 e. The number of amides is 1. The van der Waals surface area contributed by atoms with Gasteiger partial charge in [-0.25, -0.2) is 0 Å². The molecule has 30 heavy (non-hydrogen) atoms. The Bertz CT molecular complexity index is 1080. The molecule has 0 radical (unpaired) electrons. The first-order valence-corrected chi connectivity index (χ1v) is 10.1. The van der Waals surface area contributed by atoms with E-state index in [4.69, 9.17) is 11.6 Å². The summed E-state index contributed by atoms with van der Waals surface area (Å²) in [6.07, 6.45) is 2.00. The lowest BCUT2D eigenvalue weighted by Gasteiger charge is -2.28. The number of hydrogen-bond acceptors (Lipinski definition) is 3. The van der Waals surface area contributed by atoms with Crippen molar-refractivity contribution >= 4 is 23.2 Å². The standard InChI is InChI=1S/C23H24ClN3O3/c1-16(2)26(23(28)21-10-9-19(27(29)30)13-22(21)24)15-20-8-5-11-25(20)14-18-7-4-6-17(3)12-18/h4-13,16H,14-15H2,1-3H3. The van der Waals surface area contributed by atoms with Crippen molar-refractivity contribution in [1.29, 1.82) is 0 Å². The van der Waals surface area contributed by atoms with Gasteiger partial charge in [0.15, 0.2) is 0 Å². The molecular weight excluding hydrogens is 402 g/mol. The molecule has 0 saturated carbocycles. The summed E-state index contributed by atoms with van der Waals surface area (Å²) in [5, 5.41) is 11.0. The van der Waals surface area contributed by atoms with Crippen molar-refractivity contribution in [2.75, 3.05) is 0 Å². The molecule has 3 aromatic rings.